The van der Waals surface area contributed by atoms with E-state index in [4.69, 9.17) is 9.47 Å². The van der Waals surface area contributed by atoms with Gasteiger partial charge in [-0.15, -0.1) is 11.3 Å². The number of aromatic carboxylic acids is 1. The first-order chi connectivity index (χ1) is 13.0. The second-order valence-electron chi connectivity index (χ2n) is 6.92. The smallest absolute Gasteiger partial charge is 0.356 e. The number of carbonyl (C=O) groups is 1. The van der Waals surface area contributed by atoms with E-state index in [9.17, 15) is 9.90 Å². The number of thiophene rings is 1. The molecule has 0 spiro atoms. The van der Waals surface area contributed by atoms with Gasteiger partial charge in [0, 0.05) is 10.4 Å². The van der Waals surface area contributed by atoms with Crippen molar-refractivity contribution in [2.75, 3.05) is 7.11 Å². The number of hydrogen-bond acceptors (Lipinski definition) is 5. The Morgan fingerprint density at radius 1 is 1.48 bits per heavy atom. The van der Waals surface area contributed by atoms with Gasteiger partial charge < -0.3 is 14.6 Å². The fourth-order valence-electron chi connectivity index (χ4n) is 3.56. The highest BCUT2D eigenvalue weighted by atomic mass is 32.1. The molecule has 0 fully saturated rings. The Hall–Kier alpha value is -2.80. The Kier molecular flexibility index (Phi) is 4.39. The van der Waals surface area contributed by atoms with Crippen LogP contribution in [0.15, 0.2) is 23.6 Å². The second-order valence-corrected chi connectivity index (χ2v) is 7.86. The number of H-pyrrole nitrogens is 1. The maximum Gasteiger partial charge on any atom is 0.356 e. The third-order valence-corrected chi connectivity index (χ3v) is 5.50. The largest absolute Gasteiger partial charge is 0.496 e. The van der Waals surface area contributed by atoms with Crippen molar-refractivity contribution in [1.29, 1.82) is 0 Å². The van der Waals surface area contributed by atoms with E-state index in [2.05, 4.69) is 24.0 Å². The summed E-state index contributed by atoms with van der Waals surface area (Å²) in [4.78, 5) is 12.5. The van der Waals surface area contributed by atoms with Crippen molar-refractivity contribution in [3.05, 3.63) is 40.4 Å². The summed E-state index contributed by atoms with van der Waals surface area (Å²) >= 11 is 1.62. The Morgan fingerprint density at radius 2 is 2.30 bits per heavy atom. The topological polar surface area (TPSA) is 84.4 Å². The molecular formula is C20H20N2O4S. The second kappa shape index (κ2) is 6.74. The van der Waals surface area contributed by atoms with E-state index < -0.39 is 5.97 Å². The van der Waals surface area contributed by atoms with Crippen LogP contribution in [0, 0.1) is 5.92 Å². The van der Waals surface area contributed by atoms with Crippen molar-refractivity contribution >= 4 is 17.3 Å². The van der Waals surface area contributed by atoms with Gasteiger partial charge in [-0.1, -0.05) is 19.9 Å². The minimum atomic E-state index is -1.06. The van der Waals surface area contributed by atoms with E-state index in [1.165, 1.54) is 0 Å². The van der Waals surface area contributed by atoms with Crippen LogP contribution in [0.3, 0.4) is 0 Å². The summed E-state index contributed by atoms with van der Waals surface area (Å²) < 4.78 is 11.9. The highest BCUT2D eigenvalue weighted by Crippen LogP contribution is 2.51. The average Bonchev–Trinajstić information content (AvgIpc) is 3.29. The first-order valence-electron chi connectivity index (χ1n) is 8.72. The molecule has 3 heterocycles. The predicted octanol–water partition coefficient (Wildman–Crippen LogP) is 4.60. The lowest BCUT2D eigenvalue weighted by Crippen LogP contribution is -2.11. The number of nitrogens with one attached hydrogen (secondary N) is 1. The number of benzene rings is 1. The molecule has 0 bridgehead atoms. The molecule has 0 radical (unpaired) electrons. The van der Waals surface area contributed by atoms with Crippen LogP contribution in [0.4, 0.5) is 0 Å². The van der Waals surface area contributed by atoms with E-state index >= 15 is 0 Å². The maximum atomic E-state index is 11.5. The molecule has 2 N–H and O–H groups in total. The van der Waals surface area contributed by atoms with Crippen LogP contribution in [-0.2, 0) is 13.0 Å². The fourth-order valence-corrected chi connectivity index (χ4v) is 4.32. The third kappa shape index (κ3) is 2.88. The molecule has 27 heavy (non-hydrogen) atoms. The minimum absolute atomic E-state index is 0.00884. The Balaban J connectivity index is 2.01. The summed E-state index contributed by atoms with van der Waals surface area (Å²) in [6.45, 7) is 4.47. The molecule has 1 aliphatic heterocycles. The number of carboxylic acid groups (broad SMARTS) is 1. The summed E-state index contributed by atoms with van der Waals surface area (Å²) in [5.41, 5.74) is 4.10. The zero-order valence-electron chi connectivity index (χ0n) is 15.3. The van der Waals surface area contributed by atoms with E-state index in [1.54, 1.807) is 18.4 Å². The molecule has 1 aliphatic rings. The van der Waals surface area contributed by atoms with E-state index in [0.29, 0.717) is 22.9 Å². The highest BCUT2D eigenvalue weighted by molar-refractivity contribution is 7.13. The highest BCUT2D eigenvalue weighted by Gasteiger charge is 2.31. The number of nitrogens with zero attached hydrogens (tertiary/aromatic N) is 1. The van der Waals surface area contributed by atoms with Gasteiger partial charge in [0.2, 0.25) is 0 Å². The monoisotopic (exact) mass is 384 g/mol. The number of ether oxygens (including phenoxy) is 2. The number of aromatic amines is 1. The standard InChI is InChI=1S/C20H20N2O4S/c1-10(2)7-11-8-12-16-13(17(20(23)24)22-21-16)9-26-19(12)15(18(11)25-3)14-5-4-6-27-14/h4-6,8,10H,7,9H2,1-3H3,(H,21,22)(H,23,24). The summed E-state index contributed by atoms with van der Waals surface area (Å²) in [6.07, 6.45) is 0.837. The van der Waals surface area contributed by atoms with Gasteiger partial charge in [-0.25, -0.2) is 4.79 Å². The van der Waals surface area contributed by atoms with Gasteiger partial charge >= 0.3 is 5.97 Å². The molecule has 0 aliphatic carbocycles. The molecule has 2 aromatic heterocycles. The molecule has 0 saturated carbocycles. The molecule has 3 aromatic rings. The lowest BCUT2D eigenvalue weighted by atomic mass is 9.91. The maximum absolute atomic E-state index is 11.5. The zero-order valence-corrected chi connectivity index (χ0v) is 16.1. The zero-order chi connectivity index (χ0) is 19.1. The van der Waals surface area contributed by atoms with Crippen molar-refractivity contribution < 1.29 is 19.4 Å². The van der Waals surface area contributed by atoms with Crippen molar-refractivity contribution in [2.45, 2.75) is 26.9 Å². The number of aromatic nitrogens is 2. The van der Waals surface area contributed by atoms with Crippen LogP contribution in [0.2, 0.25) is 0 Å². The molecular weight excluding hydrogens is 364 g/mol. The number of fused-ring (bicyclic) bond motifs is 3. The minimum Gasteiger partial charge on any atom is -0.496 e. The molecule has 7 heteroatoms. The van der Waals surface area contributed by atoms with Crippen LogP contribution >= 0.6 is 11.3 Å². The van der Waals surface area contributed by atoms with E-state index in [-0.39, 0.29) is 12.3 Å². The number of methoxy groups -OCH3 is 1. The normalized spacial score (nSPS) is 12.4. The van der Waals surface area contributed by atoms with Crippen LogP contribution in [-0.4, -0.2) is 28.4 Å². The summed E-state index contributed by atoms with van der Waals surface area (Å²) in [7, 11) is 1.68. The van der Waals surface area contributed by atoms with Crippen molar-refractivity contribution in [3.8, 4) is 33.2 Å². The summed E-state index contributed by atoms with van der Waals surface area (Å²) in [5, 5.41) is 18.3. The van der Waals surface area contributed by atoms with Gasteiger partial charge in [-0.2, -0.15) is 5.10 Å². The summed E-state index contributed by atoms with van der Waals surface area (Å²) in [5.74, 6) is 0.892. The van der Waals surface area contributed by atoms with E-state index in [0.717, 1.165) is 33.7 Å². The summed E-state index contributed by atoms with van der Waals surface area (Å²) in [6, 6.07) is 6.07. The van der Waals surface area contributed by atoms with Crippen molar-refractivity contribution in [2.24, 2.45) is 5.92 Å². The molecule has 0 atom stereocenters. The lowest BCUT2D eigenvalue weighted by Gasteiger charge is -2.24. The quantitative estimate of drug-likeness (QED) is 0.671. The molecule has 0 unspecified atom stereocenters. The Labute approximate surface area is 160 Å². The van der Waals surface area contributed by atoms with Crippen LogP contribution < -0.4 is 9.47 Å². The van der Waals surface area contributed by atoms with Gasteiger partial charge in [0.05, 0.1) is 23.9 Å². The third-order valence-electron chi connectivity index (χ3n) is 4.61. The van der Waals surface area contributed by atoms with Gasteiger partial charge in [0.25, 0.3) is 0 Å². The van der Waals surface area contributed by atoms with Crippen LogP contribution in [0.1, 0.15) is 35.5 Å². The first-order valence-corrected chi connectivity index (χ1v) is 9.60. The molecule has 1 aromatic carbocycles. The lowest BCUT2D eigenvalue weighted by molar-refractivity contribution is 0.0687. The molecule has 0 saturated heterocycles. The average molecular weight is 384 g/mol. The van der Waals surface area contributed by atoms with Crippen molar-refractivity contribution in [3.63, 3.8) is 0 Å². The van der Waals surface area contributed by atoms with E-state index in [1.807, 2.05) is 23.6 Å². The Morgan fingerprint density at radius 3 is 2.93 bits per heavy atom. The number of carboxylic acids is 1. The Bertz CT molecular complexity index is 1010. The molecule has 140 valence electrons. The van der Waals surface area contributed by atoms with Gasteiger partial charge in [-0.05, 0) is 35.4 Å². The first kappa shape index (κ1) is 17.6. The number of rotatable bonds is 5. The van der Waals surface area contributed by atoms with Crippen LogP contribution in [0.25, 0.3) is 21.7 Å². The van der Waals surface area contributed by atoms with Gasteiger partial charge in [-0.3, -0.25) is 5.10 Å². The van der Waals surface area contributed by atoms with Gasteiger partial charge in [0.1, 0.15) is 18.1 Å². The fraction of sp³-hybridized carbons (Fsp3) is 0.300. The molecule has 6 nitrogen and oxygen atoms in total. The van der Waals surface area contributed by atoms with Gasteiger partial charge in [0.15, 0.2) is 5.69 Å². The number of hydrogen-bond donors (Lipinski definition) is 2. The predicted molar refractivity (Wildman–Crippen MR) is 104 cm³/mol. The molecule has 0 amide bonds. The van der Waals surface area contributed by atoms with Crippen LogP contribution in [0.5, 0.6) is 11.5 Å². The SMILES string of the molecule is COc1c(CC(C)C)cc2c(c1-c1cccs1)OCc1c(C(=O)O)n[nH]c1-2. The molecule has 4 rings (SSSR count). The van der Waals surface area contributed by atoms with Crippen molar-refractivity contribution in [1.82, 2.24) is 10.2 Å².